The molecule has 3 heteroatoms. The van der Waals surface area contributed by atoms with Crippen molar-refractivity contribution in [3.05, 3.63) is 44.4 Å². The Kier molecular flexibility index (Phi) is 10.9. The normalized spacial score (nSPS) is 9.81. The van der Waals surface area contributed by atoms with Crippen LogP contribution in [0.5, 0.6) is 0 Å². The number of ether oxygens (including phenoxy) is 3. The Morgan fingerprint density at radius 3 is 2.44 bits per heavy atom. The molecule has 0 rings (SSSR count). The second kappa shape index (κ2) is 11.9. The van der Waals surface area contributed by atoms with Gasteiger partial charge in [-0.05, 0) is 12.8 Å². The first-order valence-electron chi connectivity index (χ1n) is 5.38. The maximum absolute atomic E-state index is 5.30. The first-order valence-corrected chi connectivity index (χ1v) is 5.38. The molecule has 91 valence electrons. The Morgan fingerprint density at radius 2 is 1.81 bits per heavy atom. The van der Waals surface area contributed by atoms with Gasteiger partial charge in [0.15, 0.2) is 0 Å². The molecule has 0 atom stereocenters. The van der Waals surface area contributed by atoms with Crippen molar-refractivity contribution in [1.82, 2.24) is 0 Å². The third-order valence-electron chi connectivity index (χ3n) is 1.85. The van der Waals surface area contributed by atoms with Crippen molar-refractivity contribution >= 4 is 0 Å². The van der Waals surface area contributed by atoms with E-state index in [1.807, 2.05) is 0 Å². The van der Waals surface area contributed by atoms with E-state index in [0.29, 0.717) is 19.8 Å². The zero-order valence-corrected chi connectivity index (χ0v) is 9.82. The summed E-state index contributed by atoms with van der Waals surface area (Å²) in [7, 11) is 0. The van der Waals surface area contributed by atoms with E-state index < -0.39 is 0 Å². The van der Waals surface area contributed by atoms with Crippen molar-refractivity contribution in [1.29, 1.82) is 0 Å². The lowest BCUT2D eigenvalue weighted by molar-refractivity contribution is 0.127. The van der Waals surface area contributed by atoms with Gasteiger partial charge >= 0.3 is 0 Å². The van der Waals surface area contributed by atoms with Crippen molar-refractivity contribution in [2.75, 3.05) is 19.8 Å². The minimum atomic E-state index is 0.570. The monoisotopic (exact) mass is 225 g/mol. The van der Waals surface area contributed by atoms with Crippen LogP contribution in [0.1, 0.15) is 19.3 Å². The highest BCUT2D eigenvalue weighted by Gasteiger charge is 2.09. The molecule has 0 aliphatic carbocycles. The Bertz CT molecular complexity index is 174. The van der Waals surface area contributed by atoms with Crippen molar-refractivity contribution in [3.63, 3.8) is 0 Å². The van der Waals surface area contributed by atoms with Crippen molar-refractivity contribution in [2.45, 2.75) is 19.3 Å². The summed E-state index contributed by atoms with van der Waals surface area (Å²) in [5, 5.41) is 0. The van der Waals surface area contributed by atoms with Gasteiger partial charge in [0.25, 0.3) is 0 Å². The number of hydrogen-bond acceptors (Lipinski definition) is 3. The molecule has 0 unspecified atom stereocenters. The molecule has 0 aromatic heterocycles. The maximum atomic E-state index is 5.30. The molecular formula is C13H21O3. The van der Waals surface area contributed by atoms with Crippen LogP contribution in [-0.4, -0.2) is 19.8 Å². The van der Waals surface area contributed by atoms with Crippen LogP contribution < -0.4 is 0 Å². The van der Waals surface area contributed by atoms with Crippen LogP contribution in [-0.2, 0) is 14.2 Å². The summed E-state index contributed by atoms with van der Waals surface area (Å²) in [6, 6.07) is 0. The lowest BCUT2D eigenvalue weighted by atomic mass is 10.1. The smallest absolute Gasteiger partial charge is 0.150 e. The third kappa shape index (κ3) is 9.34. The van der Waals surface area contributed by atoms with Gasteiger partial charge in [-0.25, -0.2) is 0 Å². The zero-order chi connectivity index (χ0) is 12.1. The standard InChI is InChI=1S/C13H21O3/c1-4-10-15-12-9-13(16-6-3)8-7-11-14-5-2/h4-6H,1-3,7-12H2. The van der Waals surface area contributed by atoms with Crippen LogP contribution in [0.2, 0.25) is 0 Å². The SMILES string of the molecule is C=CCOCC[C](CCCOC=C)OC=C. The van der Waals surface area contributed by atoms with E-state index >= 15 is 0 Å². The Labute approximate surface area is 98.4 Å². The molecule has 0 spiro atoms. The topological polar surface area (TPSA) is 27.7 Å². The van der Waals surface area contributed by atoms with E-state index in [9.17, 15) is 0 Å². The molecule has 0 N–H and O–H groups in total. The molecule has 0 saturated carbocycles. The summed E-state index contributed by atoms with van der Waals surface area (Å²) < 4.78 is 15.6. The maximum Gasteiger partial charge on any atom is 0.150 e. The van der Waals surface area contributed by atoms with E-state index in [1.54, 1.807) is 6.08 Å². The predicted molar refractivity (Wildman–Crippen MR) is 65.5 cm³/mol. The molecule has 0 saturated heterocycles. The van der Waals surface area contributed by atoms with Crippen LogP contribution in [0.15, 0.2) is 38.3 Å². The van der Waals surface area contributed by atoms with E-state index in [4.69, 9.17) is 14.2 Å². The van der Waals surface area contributed by atoms with Gasteiger partial charge in [0.1, 0.15) is 6.10 Å². The second-order valence-electron chi connectivity index (χ2n) is 3.08. The van der Waals surface area contributed by atoms with Crippen LogP contribution in [0.3, 0.4) is 0 Å². The molecule has 0 aliphatic heterocycles. The number of hydrogen-bond donors (Lipinski definition) is 0. The van der Waals surface area contributed by atoms with Gasteiger partial charge in [-0.15, -0.1) is 6.58 Å². The first kappa shape index (κ1) is 14.8. The average molecular weight is 225 g/mol. The van der Waals surface area contributed by atoms with Crippen LogP contribution in [0.4, 0.5) is 0 Å². The van der Waals surface area contributed by atoms with Crippen LogP contribution >= 0.6 is 0 Å². The minimum absolute atomic E-state index is 0.570. The molecule has 0 heterocycles. The molecular weight excluding hydrogens is 204 g/mol. The van der Waals surface area contributed by atoms with Crippen LogP contribution in [0.25, 0.3) is 0 Å². The highest BCUT2D eigenvalue weighted by atomic mass is 16.5. The van der Waals surface area contributed by atoms with Gasteiger partial charge < -0.3 is 14.2 Å². The second-order valence-corrected chi connectivity index (χ2v) is 3.08. The summed E-state index contributed by atoms with van der Waals surface area (Å²) in [4.78, 5) is 0. The van der Waals surface area contributed by atoms with Gasteiger partial charge in [0, 0.05) is 6.42 Å². The average Bonchev–Trinajstić information content (AvgIpc) is 2.30. The lowest BCUT2D eigenvalue weighted by Crippen LogP contribution is -2.06. The van der Waals surface area contributed by atoms with Gasteiger partial charge in [-0.1, -0.05) is 19.2 Å². The quantitative estimate of drug-likeness (QED) is 0.290. The molecule has 0 aliphatic rings. The lowest BCUT2D eigenvalue weighted by Gasteiger charge is -2.14. The summed E-state index contributed by atoms with van der Waals surface area (Å²) in [5.41, 5.74) is 0. The van der Waals surface area contributed by atoms with Crippen molar-refractivity contribution < 1.29 is 14.2 Å². The summed E-state index contributed by atoms with van der Waals surface area (Å²) in [6.45, 7) is 12.5. The Balaban J connectivity index is 3.56. The van der Waals surface area contributed by atoms with Gasteiger partial charge in [0.05, 0.1) is 32.3 Å². The molecule has 0 aromatic rings. The first-order chi connectivity index (χ1) is 7.85. The third-order valence-corrected chi connectivity index (χ3v) is 1.85. The molecule has 1 radical (unpaired) electrons. The van der Waals surface area contributed by atoms with E-state index in [-0.39, 0.29) is 0 Å². The molecule has 0 aromatic carbocycles. The van der Waals surface area contributed by atoms with E-state index in [0.717, 1.165) is 25.4 Å². The van der Waals surface area contributed by atoms with Crippen LogP contribution in [0, 0.1) is 6.10 Å². The summed E-state index contributed by atoms with van der Waals surface area (Å²) >= 11 is 0. The minimum Gasteiger partial charge on any atom is -0.502 e. The summed E-state index contributed by atoms with van der Waals surface area (Å²) in [5.74, 6) is 0. The fourth-order valence-electron chi connectivity index (χ4n) is 1.15. The Hall–Kier alpha value is -1.22. The molecule has 3 nitrogen and oxygen atoms in total. The highest BCUT2D eigenvalue weighted by molar-refractivity contribution is 4.81. The Morgan fingerprint density at radius 1 is 1.00 bits per heavy atom. The van der Waals surface area contributed by atoms with Crippen molar-refractivity contribution in [3.8, 4) is 0 Å². The zero-order valence-electron chi connectivity index (χ0n) is 9.82. The largest absolute Gasteiger partial charge is 0.502 e. The van der Waals surface area contributed by atoms with Gasteiger partial charge in [0.2, 0.25) is 0 Å². The van der Waals surface area contributed by atoms with Gasteiger partial charge in [-0.3, -0.25) is 0 Å². The fourth-order valence-corrected chi connectivity index (χ4v) is 1.15. The van der Waals surface area contributed by atoms with E-state index in [1.165, 1.54) is 12.5 Å². The highest BCUT2D eigenvalue weighted by Crippen LogP contribution is 2.16. The molecule has 0 fully saturated rings. The predicted octanol–water partition coefficient (Wildman–Crippen LogP) is 3.21. The summed E-state index contributed by atoms with van der Waals surface area (Å²) in [6.07, 6.45) is 8.10. The molecule has 0 bridgehead atoms. The molecule has 0 amide bonds. The van der Waals surface area contributed by atoms with E-state index in [2.05, 4.69) is 19.7 Å². The van der Waals surface area contributed by atoms with Crippen molar-refractivity contribution in [2.24, 2.45) is 0 Å². The van der Waals surface area contributed by atoms with Gasteiger partial charge in [-0.2, -0.15) is 0 Å². The number of rotatable bonds is 12. The molecule has 16 heavy (non-hydrogen) atoms. The fraction of sp³-hybridized carbons (Fsp3) is 0.462.